The van der Waals surface area contributed by atoms with Gasteiger partial charge in [0.25, 0.3) is 0 Å². The molecule has 0 saturated heterocycles. The lowest BCUT2D eigenvalue weighted by atomic mass is 10.1. The van der Waals surface area contributed by atoms with Crippen molar-refractivity contribution in [2.75, 3.05) is 0 Å². The largest absolute Gasteiger partial charge is 0.191 e. The number of hydrogen-bond acceptors (Lipinski definition) is 0. The van der Waals surface area contributed by atoms with Crippen LogP contribution in [0.25, 0.3) is 0 Å². The van der Waals surface area contributed by atoms with Crippen molar-refractivity contribution in [1.29, 1.82) is 0 Å². The van der Waals surface area contributed by atoms with E-state index in [9.17, 15) is 0 Å². The van der Waals surface area contributed by atoms with Crippen molar-refractivity contribution in [3.8, 4) is 0 Å². The van der Waals surface area contributed by atoms with Crippen LogP contribution in [0.2, 0.25) is 21.1 Å². The van der Waals surface area contributed by atoms with E-state index in [1.54, 1.807) is 27.6 Å². The minimum Gasteiger partial charge on any atom is -0.191 e. The van der Waals surface area contributed by atoms with Gasteiger partial charge in [-0.25, -0.2) is 0 Å². The third-order valence-electron chi connectivity index (χ3n) is 5.68. The Morgan fingerprint density at radius 1 is 0.381 bits per heavy atom. The van der Waals surface area contributed by atoms with E-state index in [0.29, 0.717) is 0 Å². The SMILES string of the molecule is CCCCCCC[CH2][Al-]([CH2]CCC)([CH2]CCC)[CH2]CCC. The lowest BCUT2D eigenvalue weighted by molar-refractivity contribution is 0.619. The zero-order valence-electron chi connectivity index (χ0n) is 15.9. The van der Waals surface area contributed by atoms with E-state index in [2.05, 4.69) is 27.7 Å². The molecular formula is C20H44Al-. The smallest absolute Gasteiger partial charge is 0.134 e. The summed E-state index contributed by atoms with van der Waals surface area (Å²) in [6, 6.07) is 0. The minimum absolute atomic E-state index is 1.25. The van der Waals surface area contributed by atoms with Crippen LogP contribution in [-0.4, -0.2) is 13.1 Å². The Hall–Kier alpha value is 0.532. The van der Waals surface area contributed by atoms with Crippen molar-refractivity contribution in [2.24, 2.45) is 0 Å². The molecule has 0 fully saturated rings. The topological polar surface area (TPSA) is 0 Å². The fourth-order valence-electron chi connectivity index (χ4n) is 4.14. The second kappa shape index (κ2) is 15.4. The maximum absolute atomic E-state index is 2.38. The molecule has 0 heterocycles. The van der Waals surface area contributed by atoms with Crippen LogP contribution in [0.4, 0.5) is 0 Å². The number of rotatable bonds is 16. The quantitative estimate of drug-likeness (QED) is 0.199. The van der Waals surface area contributed by atoms with Crippen molar-refractivity contribution in [1.82, 2.24) is 0 Å². The molecule has 0 spiro atoms. The monoisotopic (exact) mass is 311 g/mol. The summed E-state index contributed by atoms with van der Waals surface area (Å²) >= 11 is -1.25. The molecule has 0 radical (unpaired) electrons. The van der Waals surface area contributed by atoms with Crippen LogP contribution < -0.4 is 0 Å². The Balaban J connectivity index is 4.28. The van der Waals surface area contributed by atoms with E-state index in [1.807, 2.05) is 0 Å². The van der Waals surface area contributed by atoms with Gasteiger partial charge in [-0.15, -0.1) is 0 Å². The zero-order chi connectivity index (χ0) is 15.8. The van der Waals surface area contributed by atoms with Crippen molar-refractivity contribution in [2.45, 2.75) is 126 Å². The van der Waals surface area contributed by atoms with Gasteiger partial charge < -0.3 is 0 Å². The molecule has 0 unspecified atom stereocenters. The molecule has 0 rings (SSSR count). The highest BCUT2D eigenvalue weighted by Crippen LogP contribution is 2.34. The van der Waals surface area contributed by atoms with Crippen LogP contribution >= 0.6 is 0 Å². The second-order valence-corrected chi connectivity index (χ2v) is 13.5. The first kappa shape index (κ1) is 21.5. The maximum Gasteiger partial charge on any atom is 0.134 e. The normalized spacial score (nSPS) is 12.0. The first-order chi connectivity index (χ1) is 10.2. The molecule has 0 aromatic carbocycles. The van der Waals surface area contributed by atoms with Gasteiger partial charge in [0, 0.05) is 0 Å². The average Bonchev–Trinajstić information content (AvgIpc) is 2.51. The molecule has 0 amide bonds. The molecule has 0 aliphatic carbocycles. The van der Waals surface area contributed by atoms with E-state index < -0.39 is 13.1 Å². The first-order valence-corrected chi connectivity index (χ1v) is 13.7. The molecule has 0 aliphatic rings. The third-order valence-corrected chi connectivity index (χ3v) is 12.2. The summed E-state index contributed by atoms with van der Waals surface area (Å²) in [5, 5.41) is 6.68. The van der Waals surface area contributed by atoms with Gasteiger partial charge in [0.1, 0.15) is 13.1 Å². The Morgan fingerprint density at radius 3 is 1.14 bits per heavy atom. The van der Waals surface area contributed by atoms with Crippen molar-refractivity contribution in [3.63, 3.8) is 0 Å². The van der Waals surface area contributed by atoms with Gasteiger partial charge in [0.15, 0.2) is 0 Å². The predicted octanol–water partition coefficient (Wildman–Crippen LogP) is 8.20. The molecule has 0 aliphatic heterocycles. The molecule has 0 aromatic heterocycles. The van der Waals surface area contributed by atoms with Crippen LogP contribution in [0, 0.1) is 0 Å². The van der Waals surface area contributed by atoms with E-state index in [1.165, 1.54) is 70.6 Å². The van der Waals surface area contributed by atoms with E-state index in [4.69, 9.17) is 0 Å². The molecule has 0 nitrogen and oxygen atoms in total. The highest BCUT2D eigenvalue weighted by atomic mass is 27.2. The van der Waals surface area contributed by atoms with Crippen LogP contribution in [-0.2, 0) is 0 Å². The lowest BCUT2D eigenvalue weighted by Crippen LogP contribution is -2.33. The van der Waals surface area contributed by atoms with Crippen molar-refractivity contribution < 1.29 is 0 Å². The fraction of sp³-hybridized carbons (Fsp3) is 1.00. The van der Waals surface area contributed by atoms with Crippen molar-refractivity contribution >= 4 is 13.1 Å². The van der Waals surface area contributed by atoms with Gasteiger partial charge in [-0.2, -0.15) is 21.1 Å². The summed E-state index contributed by atoms with van der Waals surface area (Å²) in [7, 11) is 0. The van der Waals surface area contributed by atoms with Crippen molar-refractivity contribution in [3.05, 3.63) is 0 Å². The Labute approximate surface area is 139 Å². The molecule has 128 valence electrons. The molecule has 0 saturated carbocycles. The molecule has 21 heavy (non-hydrogen) atoms. The van der Waals surface area contributed by atoms with E-state index in [-0.39, 0.29) is 0 Å². The summed E-state index contributed by atoms with van der Waals surface area (Å²) in [6.07, 6.45) is 17.7. The Morgan fingerprint density at radius 2 is 0.714 bits per heavy atom. The lowest BCUT2D eigenvalue weighted by Gasteiger charge is -2.37. The second-order valence-electron chi connectivity index (χ2n) is 7.72. The highest BCUT2D eigenvalue weighted by Gasteiger charge is 2.26. The van der Waals surface area contributed by atoms with Gasteiger partial charge in [-0.3, -0.25) is 0 Å². The standard InChI is InChI=1S/C8H17.3C4H9.Al/c1-3-5-7-8-6-4-2;3*1-3-4-2;/h1,3-8H2,2H3;3*1,3-4H2,2H3;/q;;;;-1. The molecule has 0 N–H and O–H groups in total. The summed E-state index contributed by atoms with van der Waals surface area (Å²) < 4.78 is 0. The average molecular weight is 312 g/mol. The van der Waals surface area contributed by atoms with Gasteiger partial charge in [0.2, 0.25) is 0 Å². The molecule has 0 atom stereocenters. The molecule has 0 bridgehead atoms. The third kappa shape index (κ3) is 11.7. The van der Waals surface area contributed by atoms with E-state index >= 15 is 0 Å². The van der Waals surface area contributed by atoms with Crippen LogP contribution in [0.1, 0.15) is 105 Å². The summed E-state index contributed by atoms with van der Waals surface area (Å²) in [4.78, 5) is 0. The molecular weight excluding hydrogens is 267 g/mol. The minimum atomic E-state index is -1.25. The highest BCUT2D eigenvalue weighted by molar-refractivity contribution is 6.79. The van der Waals surface area contributed by atoms with Gasteiger partial charge in [-0.05, 0) is 0 Å². The van der Waals surface area contributed by atoms with E-state index in [0.717, 1.165) is 0 Å². The van der Waals surface area contributed by atoms with Gasteiger partial charge >= 0.3 is 0 Å². The summed E-state index contributed by atoms with van der Waals surface area (Å²) in [5.41, 5.74) is 0. The number of unbranched alkanes of at least 4 members (excludes halogenated alkanes) is 8. The summed E-state index contributed by atoms with van der Waals surface area (Å²) in [5.74, 6) is 0. The number of hydrogen-bond donors (Lipinski definition) is 0. The predicted molar refractivity (Wildman–Crippen MR) is 103 cm³/mol. The van der Waals surface area contributed by atoms with Gasteiger partial charge in [0.05, 0.1) is 0 Å². The molecule has 0 aromatic rings. The van der Waals surface area contributed by atoms with Crippen LogP contribution in [0.15, 0.2) is 0 Å². The Kier molecular flexibility index (Phi) is 15.8. The Bertz CT molecular complexity index is 178. The first-order valence-electron chi connectivity index (χ1n) is 10.5. The van der Waals surface area contributed by atoms with Gasteiger partial charge in [-0.1, -0.05) is 105 Å². The maximum atomic E-state index is 2.38. The molecule has 1 heteroatoms. The van der Waals surface area contributed by atoms with Crippen LogP contribution in [0.5, 0.6) is 0 Å². The fourth-order valence-corrected chi connectivity index (χ4v) is 10.8. The zero-order valence-corrected chi connectivity index (χ0v) is 17.0. The van der Waals surface area contributed by atoms with Crippen LogP contribution in [0.3, 0.4) is 0 Å². The summed E-state index contributed by atoms with van der Waals surface area (Å²) in [6.45, 7) is 9.47.